The van der Waals surface area contributed by atoms with Crippen LogP contribution in [0.5, 0.6) is 0 Å². The van der Waals surface area contributed by atoms with E-state index in [-0.39, 0.29) is 0 Å². The van der Waals surface area contributed by atoms with E-state index in [0.29, 0.717) is 16.8 Å². The Morgan fingerprint density at radius 2 is 1.71 bits per heavy atom. The third-order valence-electron chi connectivity index (χ3n) is 3.34. The maximum absolute atomic E-state index is 6.14. The van der Waals surface area contributed by atoms with Gasteiger partial charge in [0.25, 0.3) is 0 Å². The van der Waals surface area contributed by atoms with Crippen LogP contribution < -0.4 is 15.5 Å². The van der Waals surface area contributed by atoms with E-state index in [1.807, 2.05) is 67.5 Å². The van der Waals surface area contributed by atoms with Crippen LogP contribution in [0.3, 0.4) is 0 Å². The van der Waals surface area contributed by atoms with Crippen LogP contribution in [0.15, 0.2) is 54.7 Å². The number of halogens is 1. The van der Waals surface area contributed by atoms with Gasteiger partial charge >= 0.3 is 0 Å². The maximum Gasteiger partial charge on any atom is 0.249 e. The summed E-state index contributed by atoms with van der Waals surface area (Å²) in [7, 11) is 4.00. The molecule has 24 heavy (non-hydrogen) atoms. The fraction of sp³-hybridized carbons (Fsp3) is 0.118. The third-order valence-corrected chi connectivity index (χ3v) is 3.66. The minimum Gasteiger partial charge on any atom is -0.378 e. The highest BCUT2D eigenvalue weighted by Gasteiger charge is 2.04. The van der Waals surface area contributed by atoms with Gasteiger partial charge in [0.1, 0.15) is 0 Å². The zero-order valence-corrected chi connectivity index (χ0v) is 14.1. The summed E-state index contributed by atoms with van der Waals surface area (Å²) >= 11 is 6.14. The first-order valence-corrected chi connectivity index (χ1v) is 7.75. The largest absolute Gasteiger partial charge is 0.378 e. The third kappa shape index (κ3) is 3.91. The standard InChI is InChI=1S/C17H17ClN6/c1-24(2)13-9-7-12(8-10-13)20-17-22-16(11-19-23-17)21-15-6-4-3-5-14(15)18/h3-11H,1-2H3,(H2,20,21,22,23). The molecule has 0 saturated carbocycles. The van der Waals surface area contributed by atoms with Crippen LogP contribution in [0.1, 0.15) is 0 Å². The summed E-state index contributed by atoms with van der Waals surface area (Å²) in [5, 5.41) is 14.8. The number of nitrogens with one attached hydrogen (secondary N) is 2. The van der Waals surface area contributed by atoms with Gasteiger partial charge in [-0.15, -0.1) is 5.10 Å². The molecular formula is C17H17ClN6. The van der Waals surface area contributed by atoms with Gasteiger partial charge in [0.15, 0.2) is 5.82 Å². The lowest BCUT2D eigenvalue weighted by atomic mass is 10.2. The average molecular weight is 341 g/mol. The Morgan fingerprint density at radius 1 is 0.958 bits per heavy atom. The van der Waals surface area contributed by atoms with Crippen LogP contribution in [0.25, 0.3) is 0 Å². The molecule has 0 saturated heterocycles. The van der Waals surface area contributed by atoms with E-state index >= 15 is 0 Å². The average Bonchev–Trinajstić information content (AvgIpc) is 2.58. The fourth-order valence-corrected chi connectivity index (χ4v) is 2.27. The van der Waals surface area contributed by atoms with E-state index < -0.39 is 0 Å². The zero-order valence-electron chi connectivity index (χ0n) is 13.4. The van der Waals surface area contributed by atoms with Crippen LogP contribution >= 0.6 is 11.6 Å². The lowest BCUT2D eigenvalue weighted by molar-refractivity contribution is 0.982. The first-order valence-electron chi connectivity index (χ1n) is 7.37. The van der Waals surface area contributed by atoms with Crippen molar-refractivity contribution in [1.82, 2.24) is 15.2 Å². The summed E-state index contributed by atoms with van der Waals surface area (Å²) in [5.41, 5.74) is 2.77. The van der Waals surface area contributed by atoms with Crippen molar-refractivity contribution in [3.8, 4) is 0 Å². The number of hydrogen-bond acceptors (Lipinski definition) is 6. The molecule has 6 nitrogen and oxygen atoms in total. The molecule has 1 heterocycles. The second-order valence-electron chi connectivity index (χ2n) is 5.34. The molecule has 0 amide bonds. The van der Waals surface area contributed by atoms with Crippen molar-refractivity contribution in [2.24, 2.45) is 0 Å². The molecule has 3 aromatic rings. The van der Waals surface area contributed by atoms with Gasteiger partial charge in [-0.2, -0.15) is 10.1 Å². The highest BCUT2D eigenvalue weighted by atomic mass is 35.5. The molecule has 0 aliphatic carbocycles. The summed E-state index contributed by atoms with van der Waals surface area (Å²) in [5.74, 6) is 0.968. The van der Waals surface area contributed by atoms with Crippen molar-refractivity contribution in [2.45, 2.75) is 0 Å². The molecular weight excluding hydrogens is 324 g/mol. The Balaban J connectivity index is 1.74. The van der Waals surface area contributed by atoms with Crippen LogP contribution in [-0.2, 0) is 0 Å². The Morgan fingerprint density at radius 3 is 2.42 bits per heavy atom. The second-order valence-corrected chi connectivity index (χ2v) is 5.74. The second kappa shape index (κ2) is 7.14. The Bertz CT molecular complexity index is 819. The van der Waals surface area contributed by atoms with E-state index in [1.165, 1.54) is 0 Å². The molecule has 0 bridgehead atoms. The summed E-state index contributed by atoms with van der Waals surface area (Å²) in [6, 6.07) is 15.4. The highest BCUT2D eigenvalue weighted by Crippen LogP contribution is 2.24. The lowest BCUT2D eigenvalue weighted by Gasteiger charge is -2.13. The quantitative estimate of drug-likeness (QED) is 0.729. The molecule has 2 aromatic carbocycles. The molecule has 122 valence electrons. The molecule has 0 aliphatic heterocycles. The van der Waals surface area contributed by atoms with Crippen LogP contribution in [0.2, 0.25) is 5.02 Å². The predicted molar refractivity (Wildman–Crippen MR) is 98.6 cm³/mol. The van der Waals surface area contributed by atoms with E-state index in [2.05, 4.69) is 25.8 Å². The molecule has 0 spiro atoms. The molecule has 0 fully saturated rings. The molecule has 0 atom stereocenters. The topological polar surface area (TPSA) is 66.0 Å². The van der Waals surface area contributed by atoms with Crippen molar-refractivity contribution in [3.05, 3.63) is 59.8 Å². The Kier molecular flexibility index (Phi) is 4.77. The predicted octanol–water partition coefficient (Wildman–Crippen LogP) is 4.08. The first kappa shape index (κ1) is 16.0. The first-order chi connectivity index (χ1) is 11.6. The van der Waals surface area contributed by atoms with E-state index in [0.717, 1.165) is 17.1 Å². The van der Waals surface area contributed by atoms with Gasteiger partial charge in [-0.25, -0.2) is 0 Å². The SMILES string of the molecule is CN(C)c1ccc(Nc2nncc(Nc3ccccc3Cl)n2)cc1. The monoisotopic (exact) mass is 340 g/mol. The van der Waals surface area contributed by atoms with Gasteiger partial charge < -0.3 is 15.5 Å². The summed E-state index contributed by atoms with van der Waals surface area (Å²) < 4.78 is 0. The van der Waals surface area contributed by atoms with E-state index in [4.69, 9.17) is 11.6 Å². The molecule has 0 unspecified atom stereocenters. The molecule has 3 rings (SSSR count). The van der Waals surface area contributed by atoms with Gasteiger partial charge in [-0.05, 0) is 36.4 Å². The zero-order chi connectivity index (χ0) is 16.9. The number of rotatable bonds is 5. The van der Waals surface area contributed by atoms with E-state index in [1.54, 1.807) is 6.20 Å². The Hall–Kier alpha value is -2.86. The molecule has 1 aromatic heterocycles. The number of nitrogens with zero attached hydrogens (tertiary/aromatic N) is 4. The van der Waals surface area contributed by atoms with Crippen LogP contribution in [0, 0.1) is 0 Å². The number of hydrogen-bond donors (Lipinski definition) is 2. The van der Waals surface area contributed by atoms with Crippen molar-refractivity contribution >= 4 is 40.4 Å². The van der Waals surface area contributed by atoms with Crippen LogP contribution in [0.4, 0.5) is 28.8 Å². The van der Waals surface area contributed by atoms with E-state index in [9.17, 15) is 0 Å². The van der Waals surface area contributed by atoms with Crippen molar-refractivity contribution in [3.63, 3.8) is 0 Å². The Labute approximate surface area is 145 Å². The van der Waals surface area contributed by atoms with Gasteiger partial charge in [0.2, 0.25) is 5.95 Å². The van der Waals surface area contributed by atoms with Crippen molar-refractivity contribution in [1.29, 1.82) is 0 Å². The van der Waals surface area contributed by atoms with Gasteiger partial charge in [0, 0.05) is 25.5 Å². The summed E-state index contributed by atoms with van der Waals surface area (Å²) in [6.07, 6.45) is 1.55. The number of aromatic nitrogens is 3. The molecule has 0 aliphatic rings. The van der Waals surface area contributed by atoms with Crippen molar-refractivity contribution < 1.29 is 0 Å². The molecule has 0 radical (unpaired) electrons. The molecule has 7 heteroatoms. The lowest BCUT2D eigenvalue weighted by Crippen LogP contribution is -2.08. The van der Waals surface area contributed by atoms with Gasteiger partial charge in [0.05, 0.1) is 16.9 Å². The van der Waals surface area contributed by atoms with Crippen molar-refractivity contribution in [2.75, 3.05) is 29.6 Å². The highest BCUT2D eigenvalue weighted by molar-refractivity contribution is 6.33. The summed E-state index contributed by atoms with van der Waals surface area (Å²) in [6.45, 7) is 0. The number of benzene rings is 2. The summed E-state index contributed by atoms with van der Waals surface area (Å²) in [4.78, 5) is 6.43. The minimum atomic E-state index is 0.407. The minimum absolute atomic E-state index is 0.407. The number of para-hydroxylation sites is 1. The fourth-order valence-electron chi connectivity index (χ4n) is 2.09. The number of anilines is 5. The maximum atomic E-state index is 6.14. The normalized spacial score (nSPS) is 10.3. The van der Waals surface area contributed by atoms with Crippen LogP contribution in [-0.4, -0.2) is 29.3 Å². The smallest absolute Gasteiger partial charge is 0.249 e. The molecule has 2 N–H and O–H groups in total. The van der Waals surface area contributed by atoms with Gasteiger partial charge in [-0.3, -0.25) is 0 Å². The van der Waals surface area contributed by atoms with Gasteiger partial charge in [-0.1, -0.05) is 23.7 Å².